The van der Waals surface area contributed by atoms with Crippen molar-refractivity contribution >= 4 is 22.2 Å². The number of halogens is 2. The Balaban J connectivity index is 0.00000241. The molecule has 7 heteroatoms. The number of nitrogens with zero attached hydrogens (tertiary/aromatic N) is 4. The maximum atomic E-state index is 14.6. The Hall–Kier alpha value is -3.58. The van der Waals surface area contributed by atoms with E-state index in [-0.39, 0.29) is 1.43 Å². The number of pyridine rings is 1. The fourth-order valence-electron chi connectivity index (χ4n) is 4.82. The zero-order valence-corrected chi connectivity index (χ0v) is 18.3. The van der Waals surface area contributed by atoms with Crippen molar-refractivity contribution in [1.29, 1.82) is 0 Å². The minimum Gasteiger partial charge on any atom is -0.367 e. The summed E-state index contributed by atoms with van der Waals surface area (Å²) in [6.07, 6.45) is 6.69. The van der Waals surface area contributed by atoms with E-state index in [4.69, 9.17) is 0 Å². The third kappa shape index (κ3) is 3.49. The van der Waals surface area contributed by atoms with Crippen LogP contribution in [0.4, 0.5) is 14.5 Å². The molecular weight excluding hydrogens is 420 g/mol. The van der Waals surface area contributed by atoms with Gasteiger partial charge >= 0.3 is 0 Å². The van der Waals surface area contributed by atoms with Crippen LogP contribution in [-0.2, 0) is 13.5 Å². The van der Waals surface area contributed by atoms with Gasteiger partial charge in [-0.3, -0.25) is 9.67 Å². The van der Waals surface area contributed by atoms with Crippen LogP contribution < -0.4 is 10.2 Å². The van der Waals surface area contributed by atoms with E-state index in [0.717, 1.165) is 58.4 Å². The number of aromatic nitrogens is 3. The van der Waals surface area contributed by atoms with Crippen molar-refractivity contribution in [3.8, 4) is 11.1 Å². The van der Waals surface area contributed by atoms with Gasteiger partial charge in [0.25, 0.3) is 0 Å². The van der Waals surface area contributed by atoms with E-state index in [1.54, 1.807) is 12.3 Å². The van der Waals surface area contributed by atoms with Crippen molar-refractivity contribution in [2.24, 2.45) is 7.05 Å². The van der Waals surface area contributed by atoms with Gasteiger partial charge in [-0.1, -0.05) is 12.1 Å². The number of fused-ring (bicyclic) bond motifs is 2. The van der Waals surface area contributed by atoms with Crippen LogP contribution in [-0.4, -0.2) is 40.9 Å². The molecule has 1 N–H and O–H groups in total. The number of aryl methyl sites for hydroxylation is 1. The van der Waals surface area contributed by atoms with Crippen molar-refractivity contribution in [3.63, 3.8) is 0 Å². The van der Waals surface area contributed by atoms with E-state index in [1.165, 1.54) is 6.07 Å². The molecule has 0 atom stereocenters. The molecule has 1 aliphatic carbocycles. The van der Waals surface area contributed by atoms with E-state index in [2.05, 4.69) is 33.6 Å². The second-order valence-corrected chi connectivity index (χ2v) is 8.64. The lowest BCUT2D eigenvalue weighted by molar-refractivity contribution is 0.500. The minimum absolute atomic E-state index is 0. The molecule has 5 nitrogen and oxygen atoms in total. The van der Waals surface area contributed by atoms with E-state index < -0.39 is 11.6 Å². The van der Waals surface area contributed by atoms with Gasteiger partial charge in [-0.05, 0) is 47.0 Å². The lowest BCUT2D eigenvalue weighted by atomic mass is 9.97. The molecule has 2 aromatic heterocycles. The number of rotatable bonds is 3. The summed E-state index contributed by atoms with van der Waals surface area (Å²) in [5, 5.41) is 8.78. The maximum Gasteiger partial charge on any atom is 0.182 e. The highest BCUT2D eigenvalue weighted by Gasteiger charge is 2.22. The molecule has 0 bridgehead atoms. The normalized spacial score (nSPS) is 15.7. The molecule has 1 fully saturated rings. The number of hydrogen-bond donors (Lipinski definition) is 1. The zero-order chi connectivity index (χ0) is 22.5. The van der Waals surface area contributed by atoms with Gasteiger partial charge < -0.3 is 10.2 Å². The molecule has 4 aromatic rings. The molecule has 2 aliphatic rings. The number of hydrogen-bond acceptors (Lipinski definition) is 4. The molecule has 33 heavy (non-hydrogen) atoms. The molecule has 2 aromatic carbocycles. The molecule has 0 unspecified atom stereocenters. The Labute approximate surface area is 191 Å². The van der Waals surface area contributed by atoms with E-state index in [0.29, 0.717) is 24.3 Å². The molecule has 6 rings (SSSR count). The highest BCUT2D eigenvalue weighted by molar-refractivity contribution is 5.90. The summed E-state index contributed by atoms with van der Waals surface area (Å²) in [5.41, 5.74) is 6.90. The lowest BCUT2D eigenvalue weighted by Crippen LogP contribution is -2.44. The molecule has 0 saturated carbocycles. The van der Waals surface area contributed by atoms with Crippen LogP contribution in [0.3, 0.4) is 0 Å². The largest absolute Gasteiger partial charge is 0.367 e. The number of piperazine rings is 1. The van der Waals surface area contributed by atoms with Gasteiger partial charge in [0.15, 0.2) is 11.6 Å². The molecule has 3 heterocycles. The number of benzene rings is 2. The molecule has 1 saturated heterocycles. The van der Waals surface area contributed by atoms with Gasteiger partial charge in [-0.15, -0.1) is 0 Å². The standard InChI is InChI=1S/C26H23F2N5.H2/c1-32-15-19-10-16(2-4-23(19)31-32)20-3-5-24-21(20)11-18(14-30-24)17-12-22(27)26(28)25(13-17)33-8-6-29-7-9-33;/h2-4,10-15,29H,5-9H2,1H3;1H. The highest BCUT2D eigenvalue weighted by Crippen LogP contribution is 2.37. The molecular formula is C26H25F2N5. The third-order valence-electron chi connectivity index (χ3n) is 6.49. The Morgan fingerprint density at radius 3 is 2.70 bits per heavy atom. The van der Waals surface area contributed by atoms with Crippen molar-refractivity contribution in [3.05, 3.63) is 83.3 Å². The number of nitrogens with one attached hydrogen (secondary N) is 1. The van der Waals surface area contributed by atoms with Crippen molar-refractivity contribution < 1.29 is 10.2 Å². The lowest BCUT2D eigenvalue weighted by Gasteiger charge is -2.30. The monoisotopic (exact) mass is 445 g/mol. The first kappa shape index (κ1) is 20.1. The van der Waals surface area contributed by atoms with Gasteiger partial charge in [-0.25, -0.2) is 8.78 Å². The predicted octanol–water partition coefficient (Wildman–Crippen LogP) is 4.56. The number of allylic oxidation sites excluding steroid dienone is 1. The zero-order valence-electron chi connectivity index (χ0n) is 18.3. The molecule has 0 amide bonds. The molecule has 168 valence electrons. The summed E-state index contributed by atoms with van der Waals surface area (Å²) in [6.45, 7) is 2.79. The van der Waals surface area contributed by atoms with Gasteiger partial charge in [0.2, 0.25) is 0 Å². The third-order valence-corrected chi connectivity index (χ3v) is 6.49. The maximum absolute atomic E-state index is 14.6. The Kier molecular flexibility index (Phi) is 4.73. The SMILES string of the molecule is Cn1cc2cc(C3=CCc4ncc(-c5cc(F)c(F)c(N6CCNCC6)c5)cc43)ccc2n1.[HH]. The summed E-state index contributed by atoms with van der Waals surface area (Å²) < 4.78 is 31.0. The van der Waals surface area contributed by atoms with Crippen LogP contribution in [0, 0.1) is 11.6 Å². The van der Waals surface area contributed by atoms with Crippen molar-refractivity contribution in [1.82, 2.24) is 20.1 Å². The summed E-state index contributed by atoms with van der Waals surface area (Å²) in [6, 6.07) is 11.3. The molecule has 1 aliphatic heterocycles. The number of anilines is 1. The van der Waals surface area contributed by atoms with Gasteiger partial charge in [0.1, 0.15) is 0 Å². The average Bonchev–Trinajstić information content (AvgIpc) is 3.42. The summed E-state index contributed by atoms with van der Waals surface area (Å²) in [4.78, 5) is 6.56. The van der Waals surface area contributed by atoms with E-state index >= 15 is 0 Å². The second-order valence-electron chi connectivity index (χ2n) is 8.64. The fourth-order valence-corrected chi connectivity index (χ4v) is 4.82. The Morgan fingerprint density at radius 1 is 1.00 bits per heavy atom. The quantitative estimate of drug-likeness (QED) is 0.502. The summed E-state index contributed by atoms with van der Waals surface area (Å²) in [5.74, 6) is -1.63. The first-order valence-electron chi connectivity index (χ1n) is 11.1. The summed E-state index contributed by atoms with van der Waals surface area (Å²) in [7, 11) is 1.91. The topological polar surface area (TPSA) is 46.0 Å². The van der Waals surface area contributed by atoms with Crippen molar-refractivity contribution in [2.45, 2.75) is 6.42 Å². The first-order valence-corrected chi connectivity index (χ1v) is 11.1. The van der Waals surface area contributed by atoms with Crippen LogP contribution >= 0.6 is 0 Å². The Morgan fingerprint density at radius 2 is 1.85 bits per heavy atom. The van der Waals surface area contributed by atoms with E-state index in [9.17, 15) is 8.78 Å². The van der Waals surface area contributed by atoms with Gasteiger partial charge in [-0.2, -0.15) is 5.10 Å². The van der Waals surface area contributed by atoms with Gasteiger partial charge in [0.05, 0.1) is 16.9 Å². The van der Waals surface area contributed by atoms with Gasteiger partial charge in [0, 0.05) is 70.0 Å². The molecule has 0 radical (unpaired) electrons. The van der Waals surface area contributed by atoms with Crippen LogP contribution in [0.2, 0.25) is 0 Å². The first-order chi connectivity index (χ1) is 16.1. The van der Waals surface area contributed by atoms with Crippen LogP contribution in [0.5, 0.6) is 0 Å². The van der Waals surface area contributed by atoms with Crippen LogP contribution in [0.25, 0.3) is 27.6 Å². The minimum atomic E-state index is -0.834. The van der Waals surface area contributed by atoms with Crippen LogP contribution in [0.1, 0.15) is 18.2 Å². The van der Waals surface area contributed by atoms with Crippen molar-refractivity contribution in [2.75, 3.05) is 31.1 Å². The molecule has 0 spiro atoms. The fraction of sp³-hybridized carbons (Fsp3) is 0.231. The van der Waals surface area contributed by atoms with Crippen LogP contribution in [0.15, 0.2) is 54.9 Å². The predicted molar refractivity (Wildman–Crippen MR) is 128 cm³/mol. The smallest absolute Gasteiger partial charge is 0.182 e. The second kappa shape index (κ2) is 7.78. The highest BCUT2D eigenvalue weighted by atomic mass is 19.2. The van der Waals surface area contributed by atoms with E-state index in [1.807, 2.05) is 35.0 Å². The average molecular weight is 446 g/mol. The Bertz CT molecular complexity index is 1420. The summed E-state index contributed by atoms with van der Waals surface area (Å²) >= 11 is 0.